The molecule has 0 saturated carbocycles. The fraction of sp³-hybridized carbons (Fsp3) is 0.850. The summed E-state index contributed by atoms with van der Waals surface area (Å²) in [5, 5.41) is 18.3. The van der Waals surface area contributed by atoms with E-state index in [0.717, 1.165) is 77.0 Å². The first kappa shape index (κ1) is 49.5. The van der Waals surface area contributed by atoms with Crippen LogP contribution in [0.2, 0.25) is 0 Å². The zero-order chi connectivity index (χ0) is 37.7. The van der Waals surface area contributed by atoms with Crippen molar-refractivity contribution in [1.29, 1.82) is 0 Å². The van der Waals surface area contributed by atoms with Crippen LogP contribution in [0.15, 0.2) is 24.3 Å². The van der Waals surface area contributed by atoms with Gasteiger partial charge in [0.05, 0.1) is 19.8 Å². The molecule has 1 unspecified atom stereocenters. The first-order valence-electron chi connectivity index (χ1n) is 20.3. The molecule has 0 aliphatic carbocycles. The molecule has 0 fully saturated rings. The van der Waals surface area contributed by atoms with Crippen LogP contribution in [0.25, 0.3) is 0 Å². The number of rotatable bonds is 38. The highest BCUT2D eigenvalue weighted by Gasteiger charge is 2.27. The first-order chi connectivity index (χ1) is 24.7. The van der Waals surface area contributed by atoms with Crippen molar-refractivity contribution in [2.45, 2.75) is 193 Å². The Morgan fingerprint density at radius 2 is 0.961 bits per heavy atom. The highest BCUT2D eigenvalue weighted by atomic mass is 31.2. The third-order valence-electron chi connectivity index (χ3n) is 8.58. The van der Waals surface area contributed by atoms with Crippen molar-refractivity contribution >= 4 is 19.8 Å². The molecule has 11 heteroatoms. The van der Waals surface area contributed by atoms with Gasteiger partial charge in [0.15, 0.2) is 6.10 Å². The van der Waals surface area contributed by atoms with Gasteiger partial charge in [0.1, 0.15) is 12.7 Å². The van der Waals surface area contributed by atoms with Gasteiger partial charge < -0.3 is 24.6 Å². The van der Waals surface area contributed by atoms with Gasteiger partial charge in [-0.15, -0.1) is 0 Å². The Hall–Kier alpha value is -1.55. The summed E-state index contributed by atoms with van der Waals surface area (Å²) in [5.41, 5.74) is 0. The summed E-state index contributed by atoms with van der Waals surface area (Å²) in [7, 11) is -4.61. The van der Waals surface area contributed by atoms with E-state index in [1.165, 1.54) is 64.2 Å². The molecule has 0 heterocycles. The maximum absolute atomic E-state index is 12.6. The van der Waals surface area contributed by atoms with Crippen LogP contribution in [0.5, 0.6) is 0 Å². The Morgan fingerprint density at radius 1 is 0.569 bits per heavy atom. The normalized spacial score (nSPS) is 14.2. The topological polar surface area (TPSA) is 149 Å². The number of hydrogen-bond donors (Lipinski definition) is 3. The van der Waals surface area contributed by atoms with Gasteiger partial charge in [0, 0.05) is 12.8 Å². The van der Waals surface area contributed by atoms with Crippen molar-refractivity contribution in [2.24, 2.45) is 0 Å². The zero-order valence-electron chi connectivity index (χ0n) is 32.3. The Kier molecular flexibility index (Phi) is 35.7. The molecule has 0 aliphatic rings. The van der Waals surface area contributed by atoms with Crippen molar-refractivity contribution in [3.05, 3.63) is 24.3 Å². The monoisotopic (exact) mass is 747 g/mol. The molecule has 0 radical (unpaired) electrons. The molecule has 0 saturated heterocycles. The SMILES string of the molecule is CCCCCC/C=C\CCCCCCCC(=O)OC[C@H](COP(=O)(O)OC[C@@H](O)CO)OC(=O)CCCCCCC/C=C\CCCCCCCC. The summed E-state index contributed by atoms with van der Waals surface area (Å²) in [6, 6.07) is 0. The average Bonchev–Trinajstić information content (AvgIpc) is 3.12. The fourth-order valence-corrected chi connectivity index (χ4v) is 6.18. The number of allylic oxidation sites excluding steroid dienone is 4. The minimum absolute atomic E-state index is 0.174. The lowest BCUT2D eigenvalue weighted by molar-refractivity contribution is -0.161. The number of aliphatic hydroxyl groups is 2. The summed E-state index contributed by atoms with van der Waals surface area (Å²) < 4.78 is 32.6. The van der Waals surface area contributed by atoms with Crippen LogP contribution in [-0.4, -0.2) is 65.7 Å². The second kappa shape index (κ2) is 36.8. The van der Waals surface area contributed by atoms with Crippen LogP contribution in [0.4, 0.5) is 0 Å². The van der Waals surface area contributed by atoms with E-state index in [9.17, 15) is 24.2 Å². The van der Waals surface area contributed by atoms with Gasteiger partial charge in [-0.2, -0.15) is 0 Å². The molecule has 0 bridgehead atoms. The molecule has 3 atom stereocenters. The van der Waals surface area contributed by atoms with E-state index in [1.807, 2.05) is 0 Å². The summed E-state index contributed by atoms with van der Waals surface area (Å²) in [5.74, 6) is -0.943. The number of phosphoric acid groups is 1. The van der Waals surface area contributed by atoms with Crippen LogP contribution in [0, 0.1) is 0 Å². The predicted molar refractivity (Wildman–Crippen MR) is 205 cm³/mol. The smallest absolute Gasteiger partial charge is 0.462 e. The van der Waals surface area contributed by atoms with Crippen molar-refractivity contribution < 1.29 is 47.8 Å². The third-order valence-corrected chi connectivity index (χ3v) is 9.53. The van der Waals surface area contributed by atoms with E-state index in [4.69, 9.17) is 19.1 Å². The number of carbonyl (C=O) groups excluding carboxylic acids is 2. The molecule has 10 nitrogen and oxygen atoms in total. The molecule has 0 rings (SSSR count). The molecular formula is C40H75O10P. The molecule has 0 amide bonds. The molecule has 0 spiro atoms. The predicted octanol–water partition coefficient (Wildman–Crippen LogP) is 10.2. The quantitative estimate of drug-likeness (QED) is 0.0241. The molecule has 0 aromatic rings. The van der Waals surface area contributed by atoms with Gasteiger partial charge in [0.25, 0.3) is 0 Å². The maximum atomic E-state index is 12.6. The Labute approximate surface area is 310 Å². The van der Waals surface area contributed by atoms with Crippen molar-refractivity contribution in [3.63, 3.8) is 0 Å². The minimum atomic E-state index is -4.61. The third kappa shape index (κ3) is 36.6. The van der Waals surface area contributed by atoms with Gasteiger partial charge in [-0.25, -0.2) is 4.57 Å². The Morgan fingerprint density at radius 3 is 1.43 bits per heavy atom. The van der Waals surface area contributed by atoms with Crippen LogP contribution in [0.1, 0.15) is 181 Å². The minimum Gasteiger partial charge on any atom is -0.462 e. The highest BCUT2D eigenvalue weighted by molar-refractivity contribution is 7.47. The van der Waals surface area contributed by atoms with E-state index < -0.39 is 51.8 Å². The highest BCUT2D eigenvalue weighted by Crippen LogP contribution is 2.43. The largest absolute Gasteiger partial charge is 0.472 e. The summed E-state index contributed by atoms with van der Waals surface area (Å²) in [4.78, 5) is 34.9. The second-order valence-corrected chi connectivity index (χ2v) is 15.1. The number of phosphoric ester groups is 1. The lowest BCUT2D eigenvalue weighted by Crippen LogP contribution is -2.29. The Bertz CT molecular complexity index is 910. The lowest BCUT2D eigenvalue weighted by atomic mass is 10.1. The Balaban J connectivity index is 4.36. The first-order valence-corrected chi connectivity index (χ1v) is 21.8. The average molecular weight is 747 g/mol. The van der Waals surface area contributed by atoms with Crippen molar-refractivity contribution in [3.8, 4) is 0 Å². The van der Waals surface area contributed by atoms with Crippen LogP contribution >= 0.6 is 7.82 Å². The number of ether oxygens (including phenoxy) is 2. The summed E-state index contributed by atoms with van der Waals surface area (Å²) in [6.45, 7) is 2.34. The van der Waals surface area contributed by atoms with Crippen molar-refractivity contribution in [2.75, 3.05) is 26.4 Å². The van der Waals surface area contributed by atoms with Gasteiger partial charge in [-0.05, 0) is 64.2 Å². The van der Waals surface area contributed by atoms with E-state index >= 15 is 0 Å². The van der Waals surface area contributed by atoms with Crippen LogP contribution in [-0.2, 0) is 32.7 Å². The number of unbranched alkanes of at least 4 members (excludes halogenated alkanes) is 20. The molecule has 51 heavy (non-hydrogen) atoms. The maximum Gasteiger partial charge on any atom is 0.472 e. The molecule has 0 aromatic carbocycles. The number of esters is 2. The lowest BCUT2D eigenvalue weighted by Gasteiger charge is -2.20. The van der Waals surface area contributed by atoms with E-state index in [2.05, 4.69) is 42.7 Å². The van der Waals surface area contributed by atoms with Gasteiger partial charge in [-0.3, -0.25) is 18.6 Å². The molecule has 3 N–H and O–H groups in total. The summed E-state index contributed by atoms with van der Waals surface area (Å²) in [6.07, 6.45) is 34.3. The molecule has 0 aliphatic heterocycles. The van der Waals surface area contributed by atoms with Crippen LogP contribution < -0.4 is 0 Å². The van der Waals surface area contributed by atoms with Crippen LogP contribution in [0.3, 0.4) is 0 Å². The number of carbonyl (C=O) groups is 2. The van der Waals surface area contributed by atoms with E-state index in [-0.39, 0.29) is 19.4 Å². The van der Waals surface area contributed by atoms with Crippen molar-refractivity contribution in [1.82, 2.24) is 0 Å². The molecular weight excluding hydrogens is 671 g/mol. The van der Waals surface area contributed by atoms with E-state index in [0.29, 0.717) is 12.8 Å². The van der Waals surface area contributed by atoms with E-state index in [1.54, 1.807) is 0 Å². The fourth-order valence-electron chi connectivity index (χ4n) is 5.39. The summed E-state index contributed by atoms with van der Waals surface area (Å²) >= 11 is 0. The number of hydrogen-bond acceptors (Lipinski definition) is 9. The molecule has 0 aromatic heterocycles. The van der Waals surface area contributed by atoms with Gasteiger partial charge in [-0.1, -0.05) is 128 Å². The second-order valence-electron chi connectivity index (χ2n) is 13.7. The standard InChI is InChI=1S/C40H75O10P/c1-3-5-7-9-11-13-15-17-18-20-22-24-26-28-30-32-40(44)50-38(36-49-51(45,46)48-34-37(42)33-41)35-47-39(43)31-29-27-25-23-21-19-16-14-12-10-8-6-4-2/h14,16-18,37-38,41-42H,3-13,15,19-36H2,1-2H3,(H,45,46)/b16-14-,18-17-/t37-,38+/m0/s1. The molecule has 300 valence electrons. The zero-order valence-corrected chi connectivity index (χ0v) is 33.2. The number of aliphatic hydroxyl groups excluding tert-OH is 2. The van der Waals surface area contributed by atoms with Gasteiger partial charge in [0.2, 0.25) is 0 Å². The van der Waals surface area contributed by atoms with Gasteiger partial charge >= 0.3 is 19.8 Å².